The zero-order valence-corrected chi connectivity index (χ0v) is 17.2. The van der Waals surface area contributed by atoms with Crippen LogP contribution in [0.5, 0.6) is 5.75 Å². The second-order valence-electron chi connectivity index (χ2n) is 7.73. The maximum atomic E-state index is 13.0. The summed E-state index contributed by atoms with van der Waals surface area (Å²) >= 11 is 0. The highest BCUT2D eigenvalue weighted by atomic mass is 19.4. The zero-order chi connectivity index (χ0) is 22.5. The molecule has 1 atom stereocenters. The molecule has 1 amide bonds. The number of para-hydroxylation sites is 1. The average Bonchev–Trinajstić information content (AvgIpc) is 2.65. The summed E-state index contributed by atoms with van der Waals surface area (Å²) in [6.07, 6.45) is -5.62. The van der Waals surface area contributed by atoms with E-state index in [1.165, 1.54) is 19.1 Å². The average molecular weight is 423 g/mol. The van der Waals surface area contributed by atoms with Gasteiger partial charge in [-0.2, -0.15) is 13.2 Å². The van der Waals surface area contributed by atoms with E-state index in [0.29, 0.717) is 5.75 Å². The van der Waals surface area contributed by atoms with E-state index in [0.717, 1.165) is 17.7 Å². The van der Waals surface area contributed by atoms with Crippen molar-refractivity contribution in [3.05, 3.63) is 59.7 Å². The van der Waals surface area contributed by atoms with Gasteiger partial charge in [-0.3, -0.25) is 4.79 Å². The van der Waals surface area contributed by atoms with Crippen LogP contribution in [0.3, 0.4) is 0 Å². The molecule has 0 aliphatic heterocycles. The second kappa shape index (κ2) is 9.19. The Morgan fingerprint density at radius 2 is 1.60 bits per heavy atom. The van der Waals surface area contributed by atoms with Crippen LogP contribution in [0.2, 0.25) is 0 Å². The summed E-state index contributed by atoms with van der Waals surface area (Å²) in [4.78, 5) is 24.0. The van der Waals surface area contributed by atoms with Gasteiger partial charge in [0.2, 0.25) is 0 Å². The Hall–Kier alpha value is -3.03. The number of carbonyl (C=O) groups excluding carboxylic acids is 2. The molecule has 1 N–H and O–H groups in total. The van der Waals surface area contributed by atoms with E-state index in [9.17, 15) is 22.8 Å². The van der Waals surface area contributed by atoms with E-state index in [1.54, 1.807) is 12.1 Å². The Balaban J connectivity index is 1.89. The summed E-state index contributed by atoms with van der Waals surface area (Å²) in [5.41, 5.74) is -0.323. The normalized spacial score (nSPS) is 12.8. The number of nitrogens with one attached hydrogen (secondary N) is 1. The van der Waals surface area contributed by atoms with Gasteiger partial charge in [0.1, 0.15) is 5.75 Å². The first-order valence-corrected chi connectivity index (χ1v) is 9.28. The maximum absolute atomic E-state index is 13.0. The van der Waals surface area contributed by atoms with E-state index in [4.69, 9.17) is 9.47 Å². The Bertz CT molecular complexity index is 886. The molecule has 0 saturated carbocycles. The van der Waals surface area contributed by atoms with Crippen LogP contribution in [-0.4, -0.2) is 24.6 Å². The minimum atomic E-state index is -4.62. The first kappa shape index (κ1) is 23.3. The summed E-state index contributed by atoms with van der Waals surface area (Å²) in [5.74, 6) is -1.24. The third-order valence-electron chi connectivity index (χ3n) is 4.22. The zero-order valence-electron chi connectivity index (χ0n) is 17.2. The van der Waals surface area contributed by atoms with Crippen LogP contribution >= 0.6 is 0 Å². The van der Waals surface area contributed by atoms with Gasteiger partial charge in [0.25, 0.3) is 5.91 Å². The number of hydrogen-bond acceptors (Lipinski definition) is 4. The number of rotatable bonds is 6. The lowest BCUT2D eigenvalue weighted by molar-refractivity contribution is -0.153. The molecule has 0 aliphatic rings. The number of esters is 1. The summed E-state index contributed by atoms with van der Waals surface area (Å²) in [5, 5.41) is 2.10. The Labute approximate surface area is 173 Å². The van der Waals surface area contributed by atoms with Crippen LogP contribution in [0, 0.1) is 0 Å². The Kier molecular flexibility index (Phi) is 7.12. The van der Waals surface area contributed by atoms with Crippen molar-refractivity contribution >= 4 is 17.6 Å². The Morgan fingerprint density at radius 3 is 2.17 bits per heavy atom. The predicted molar refractivity (Wildman–Crippen MR) is 106 cm³/mol. The number of carbonyl (C=O) groups is 2. The van der Waals surface area contributed by atoms with Crippen molar-refractivity contribution in [1.29, 1.82) is 0 Å². The second-order valence-corrected chi connectivity index (χ2v) is 7.73. The smallest absolute Gasteiger partial charge is 0.418 e. The minimum Gasteiger partial charge on any atom is -0.479 e. The molecule has 2 aromatic rings. The largest absolute Gasteiger partial charge is 0.479 e. The lowest BCUT2D eigenvalue weighted by Crippen LogP contribution is -2.30. The summed E-state index contributed by atoms with van der Waals surface area (Å²) in [6, 6.07) is 11.8. The first-order chi connectivity index (χ1) is 13.9. The third kappa shape index (κ3) is 6.50. The molecule has 0 spiro atoms. The quantitative estimate of drug-likeness (QED) is 0.668. The minimum absolute atomic E-state index is 0.0266. The topological polar surface area (TPSA) is 64.6 Å². The third-order valence-corrected chi connectivity index (χ3v) is 4.22. The van der Waals surface area contributed by atoms with Crippen LogP contribution in [0.15, 0.2) is 48.5 Å². The van der Waals surface area contributed by atoms with Gasteiger partial charge in [-0.25, -0.2) is 4.79 Å². The van der Waals surface area contributed by atoms with E-state index in [-0.39, 0.29) is 5.41 Å². The lowest BCUT2D eigenvalue weighted by Gasteiger charge is -2.20. The number of benzene rings is 2. The fourth-order valence-electron chi connectivity index (χ4n) is 2.57. The van der Waals surface area contributed by atoms with Gasteiger partial charge in [0.05, 0.1) is 11.3 Å². The van der Waals surface area contributed by atoms with Gasteiger partial charge in [-0.15, -0.1) is 0 Å². The van der Waals surface area contributed by atoms with Crippen molar-refractivity contribution in [2.45, 2.75) is 45.4 Å². The lowest BCUT2D eigenvalue weighted by atomic mass is 9.87. The van der Waals surface area contributed by atoms with Crippen molar-refractivity contribution in [1.82, 2.24) is 0 Å². The van der Waals surface area contributed by atoms with Crippen molar-refractivity contribution in [3.63, 3.8) is 0 Å². The van der Waals surface area contributed by atoms with Gasteiger partial charge in [-0.1, -0.05) is 45.0 Å². The Morgan fingerprint density at radius 1 is 1.00 bits per heavy atom. The summed E-state index contributed by atoms with van der Waals surface area (Å²) in [7, 11) is 0. The van der Waals surface area contributed by atoms with Crippen molar-refractivity contribution in [3.8, 4) is 5.75 Å². The molecule has 0 radical (unpaired) electrons. The van der Waals surface area contributed by atoms with E-state index in [1.807, 2.05) is 12.1 Å². The molecule has 0 saturated heterocycles. The van der Waals surface area contributed by atoms with Gasteiger partial charge >= 0.3 is 12.1 Å². The number of ether oxygens (including phenoxy) is 2. The number of hydrogen-bond donors (Lipinski definition) is 1. The van der Waals surface area contributed by atoms with Crippen molar-refractivity contribution < 1.29 is 32.2 Å². The monoisotopic (exact) mass is 423 g/mol. The molecular weight excluding hydrogens is 399 g/mol. The van der Waals surface area contributed by atoms with Crippen LogP contribution in [0.25, 0.3) is 0 Å². The molecule has 2 rings (SSSR count). The van der Waals surface area contributed by atoms with E-state index < -0.39 is 42.0 Å². The molecule has 0 heterocycles. The molecule has 2 aromatic carbocycles. The molecule has 0 bridgehead atoms. The molecule has 8 heteroatoms. The van der Waals surface area contributed by atoms with Gasteiger partial charge in [0.15, 0.2) is 12.7 Å². The van der Waals surface area contributed by atoms with Crippen molar-refractivity contribution in [2.24, 2.45) is 0 Å². The number of amides is 1. The van der Waals surface area contributed by atoms with Gasteiger partial charge in [-0.05, 0) is 42.2 Å². The molecule has 162 valence electrons. The highest BCUT2D eigenvalue weighted by Gasteiger charge is 2.33. The summed E-state index contributed by atoms with van der Waals surface area (Å²) in [6.45, 7) is 6.93. The fraction of sp³-hybridized carbons (Fsp3) is 0.364. The van der Waals surface area contributed by atoms with Gasteiger partial charge in [0, 0.05) is 0 Å². The van der Waals surface area contributed by atoms with Gasteiger partial charge < -0.3 is 14.8 Å². The van der Waals surface area contributed by atoms with Crippen LogP contribution in [0.4, 0.5) is 18.9 Å². The first-order valence-electron chi connectivity index (χ1n) is 9.28. The van der Waals surface area contributed by atoms with Crippen LogP contribution in [-0.2, 0) is 25.9 Å². The highest BCUT2D eigenvalue weighted by Crippen LogP contribution is 2.34. The number of anilines is 1. The SMILES string of the molecule is C[C@@H](Oc1ccc(C(C)(C)C)cc1)C(=O)OCC(=O)Nc1ccccc1C(F)(F)F. The maximum Gasteiger partial charge on any atom is 0.418 e. The fourth-order valence-corrected chi connectivity index (χ4v) is 2.57. The van der Waals surface area contributed by atoms with E-state index >= 15 is 0 Å². The molecule has 0 fully saturated rings. The van der Waals surface area contributed by atoms with E-state index in [2.05, 4.69) is 26.1 Å². The molecule has 0 unspecified atom stereocenters. The molecule has 0 aromatic heterocycles. The van der Waals surface area contributed by atoms with Crippen LogP contribution in [0.1, 0.15) is 38.8 Å². The molecule has 5 nitrogen and oxygen atoms in total. The number of alkyl halides is 3. The van der Waals surface area contributed by atoms with Crippen LogP contribution < -0.4 is 10.1 Å². The number of halogens is 3. The summed E-state index contributed by atoms with van der Waals surface area (Å²) < 4.78 is 49.2. The molecule has 0 aliphatic carbocycles. The molecular formula is C22H24F3NO4. The standard InChI is InChI=1S/C22H24F3NO4/c1-14(30-16-11-9-15(10-12-16)21(2,3)4)20(28)29-13-19(27)26-18-8-6-5-7-17(18)22(23,24)25/h5-12,14H,13H2,1-4H3,(H,26,27)/t14-/m1/s1. The van der Waals surface area contributed by atoms with Crippen molar-refractivity contribution in [2.75, 3.05) is 11.9 Å². The highest BCUT2D eigenvalue weighted by molar-refractivity contribution is 5.93. The molecule has 30 heavy (non-hydrogen) atoms. The predicted octanol–water partition coefficient (Wildman–Crippen LogP) is 4.95.